The molecule has 0 spiro atoms. The lowest BCUT2D eigenvalue weighted by molar-refractivity contribution is 0.0657. The van der Waals surface area contributed by atoms with Gasteiger partial charge in [-0.2, -0.15) is 0 Å². The summed E-state index contributed by atoms with van der Waals surface area (Å²) in [7, 11) is -3.02. The van der Waals surface area contributed by atoms with E-state index in [0.717, 1.165) is 0 Å². The molecular weight excluding hydrogens is 471 g/mol. The van der Waals surface area contributed by atoms with E-state index in [9.17, 15) is 13.2 Å². The fourth-order valence-corrected chi connectivity index (χ4v) is 3.20. The summed E-state index contributed by atoms with van der Waals surface area (Å²) in [5, 5.41) is 3.19. The van der Waals surface area contributed by atoms with Crippen LogP contribution < -0.4 is 5.32 Å². The van der Waals surface area contributed by atoms with Crippen molar-refractivity contribution in [2.45, 2.75) is 13.8 Å². The maximum Gasteiger partial charge on any atom is 0.289 e. The van der Waals surface area contributed by atoms with Crippen molar-refractivity contribution in [3.05, 3.63) is 24.2 Å². The van der Waals surface area contributed by atoms with Gasteiger partial charge in [0.2, 0.25) is 0 Å². The van der Waals surface area contributed by atoms with Crippen molar-refractivity contribution in [2.24, 2.45) is 4.99 Å². The van der Waals surface area contributed by atoms with E-state index in [4.69, 9.17) is 4.42 Å². The number of guanidine groups is 1. The monoisotopic (exact) mass is 498 g/mol. The zero-order valence-electron chi connectivity index (χ0n) is 15.2. The van der Waals surface area contributed by atoms with Crippen molar-refractivity contribution in [3.63, 3.8) is 0 Å². The minimum absolute atomic E-state index is 0. The quantitative estimate of drug-likeness (QED) is 0.358. The molecule has 0 radical (unpaired) electrons. The lowest BCUT2D eigenvalue weighted by Crippen LogP contribution is -2.53. The highest BCUT2D eigenvalue weighted by Gasteiger charge is 2.25. The second-order valence-electron chi connectivity index (χ2n) is 5.73. The van der Waals surface area contributed by atoms with E-state index < -0.39 is 9.84 Å². The van der Waals surface area contributed by atoms with Crippen molar-refractivity contribution >= 4 is 45.7 Å². The fourth-order valence-electron chi connectivity index (χ4n) is 2.54. The molecule has 0 atom stereocenters. The first-order valence-corrected chi connectivity index (χ1v) is 10.4. The van der Waals surface area contributed by atoms with E-state index in [0.29, 0.717) is 44.4 Å². The summed E-state index contributed by atoms with van der Waals surface area (Å²) in [6, 6.07) is 3.36. The number of aliphatic imine (C=N–C) groups is 1. The average Bonchev–Trinajstić information content (AvgIpc) is 3.15. The predicted molar refractivity (Wildman–Crippen MR) is 112 cm³/mol. The lowest BCUT2D eigenvalue weighted by Gasteiger charge is -2.36. The maximum atomic E-state index is 12.3. The first-order valence-electron chi connectivity index (χ1n) is 8.53. The Bertz CT molecular complexity index is 683. The zero-order chi connectivity index (χ0) is 18.3. The Kier molecular flexibility index (Phi) is 9.41. The predicted octanol–water partition coefficient (Wildman–Crippen LogP) is 1.06. The number of nitrogens with zero attached hydrogens (tertiary/aromatic N) is 3. The van der Waals surface area contributed by atoms with Crippen LogP contribution in [0.2, 0.25) is 0 Å². The molecule has 0 bridgehead atoms. The summed E-state index contributed by atoms with van der Waals surface area (Å²) in [5.41, 5.74) is 0. The number of amides is 1. The molecule has 2 rings (SSSR count). The Hall–Kier alpha value is -1.30. The number of halogens is 1. The van der Waals surface area contributed by atoms with E-state index in [-0.39, 0.29) is 47.9 Å². The number of nitrogens with one attached hydrogen (secondary N) is 1. The van der Waals surface area contributed by atoms with Crippen LogP contribution in [0.3, 0.4) is 0 Å². The maximum absolute atomic E-state index is 12.3. The molecule has 1 saturated heterocycles. The Morgan fingerprint density at radius 2 is 1.88 bits per heavy atom. The third-order valence-corrected chi connectivity index (χ3v) is 5.72. The molecule has 2 heterocycles. The van der Waals surface area contributed by atoms with Crippen LogP contribution in [0.25, 0.3) is 0 Å². The van der Waals surface area contributed by atoms with Gasteiger partial charge in [0.25, 0.3) is 5.91 Å². The Balaban J connectivity index is 0.00000338. The van der Waals surface area contributed by atoms with Crippen LogP contribution in [0.5, 0.6) is 0 Å². The molecular formula is C16H27IN4O4S. The van der Waals surface area contributed by atoms with Crippen LogP contribution >= 0.6 is 24.0 Å². The summed E-state index contributed by atoms with van der Waals surface area (Å²) in [6.45, 7) is 6.95. The van der Waals surface area contributed by atoms with Crippen molar-refractivity contribution < 1.29 is 17.6 Å². The van der Waals surface area contributed by atoms with E-state index >= 15 is 0 Å². The van der Waals surface area contributed by atoms with Gasteiger partial charge in [0, 0.05) is 38.5 Å². The Labute approximate surface area is 171 Å². The number of piperazine rings is 1. The number of rotatable bonds is 6. The van der Waals surface area contributed by atoms with Crippen molar-refractivity contribution in [1.82, 2.24) is 15.1 Å². The summed E-state index contributed by atoms with van der Waals surface area (Å²) in [4.78, 5) is 20.5. The molecule has 26 heavy (non-hydrogen) atoms. The normalized spacial score (nSPS) is 15.5. The number of furan rings is 1. The molecule has 1 fully saturated rings. The molecule has 8 nitrogen and oxygen atoms in total. The van der Waals surface area contributed by atoms with Crippen LogP contribution in [0.1, 0.15) is 24.4 Å². The van der Waals surface area contributed by atoms with Gasteiger partial charge in [-0.25, -0.2) is 8.42 Å². The van der Waals surface area contributed by atoms with E-state index in [1.165, 1.54) is 6.26 Å². The number of sulfone groups is 1. The summed E-state index contributed by atoms with van der Waals surface area (Å²) < 4.78 is 28.3. The van der Waals surface area contributed by atoms with Crippen molar-refractivity contribution in [2.75, 3.05) is 50.8 Å². The average molecular weight is 498 g/mol. The molecule has 1 aromatic rings. The van der Waals surface area contributed by atoms with Crippen LogP contribution in [0.4, 0.5) is 0 Å². The highest BCUT2D eigenvalue weighted by atomic mass is 127. The smallest absolute Gasteiger partial charge is 0.289 e. The van der Waals surface area contributed by atoms with Gasteiger partial charge >= 0.3 is 0 Å². The molecule has 1 aliphatic rings. The number of carbonyl (C=O) groups is 1. The fraction of sp³-hybridized carbons (Fsp3) is 0.625. The first-order chi connectivity index (χ1) is 12.0. The first kappa shape index (κ1) is 22.7. The molecule has 1 aromatic heterocycles. The molecule has 0 aliphatic carbocycles. The molecule has 1 N–H and O–H groups in total. The molecule has 1 aliphatic heterocycles. The number of hydrogen-bond acceptors (Lipinski definition) is 5. The van der Waals surface area contributed by atoms with Gasteiger partial charge in [-0.3, -0.25) is 9.79 Å². The molecule has 0 aromatic carbocycles. The number of hydrogen-bond donors (Lipinski definition) is 1. The van der Waals surface area contributed by atoms with E-state index in [2.05, 4.69) is 10.3 Å². The largest absolute Gasteiger partial charge is 0.459 e. The van der Waals surface area contributed by atoms with Crippen LogP contribution in [-0.2, 0) is 9.84 Å². The van der Waals surface area contributed by atoms with E-state index in [1.54, 1.807) is 24.0 Å². The van der Waals surface area contributed by atoms with Gasteiger partial charge in [0.05, 0.1) is 18.6 Å². The minimum Gasteiger partial charge on any atom is -0.459 e. The second kappa shape index (κ2) is 10.8. The van der Waals surface area contributed by atoms with Gasteiger partial charge in [-0.05, 0) is 19.1 Å². The van der Waals surface area contributed by atoms with Gasteiger partial charge < -0.3 is 19.5 Å². The van der Waals surface area contributed by atoms with Crippen molar-refractivity contribution in [3.8, 4) is 0 Å². The number of carbonyl (C=O) groups excluding carboxylic acids is 1. The molecule has 10 heteroatoms. The minimum atomic E-state index is -3.02. The van der Waals surface area contributed by atoms with Crippen molar-refractivity contribution in [1.29, 1.82) is 0 Å². The Morgan fingerprint density at radius 3 is 2.42 bits per heavy atom. The van der Waals surface area contributed by atoms with Gasteiger partial charge in [-0.15, -0.1) is 24.0 Å². The molecule has 1 amide bonds. The van der Waals surface area contributed by atoms with Gasteiger partial charge in [-0.1, -0.05) is 6.92 Å². The molecule has 148 valence electrons. The summed E-state index contributed by atoms with van der Waals surface area (Å²) in [6.07, 6.45) is 1.49. The third kappa shape index (κ3) is 6.45. The SMILES string of the molecule is CCNC(=NCCS(=O)(=O)CC)N1CCN(C(=O)c2ccco2)CC1.I. The van der Waals surface area contributed by atoms with Gasteiger partial charge in [0.15, 0.2) is 21.6 Å². The van der Waals surface area contributed by atoms with Crippen LogP contribution in [-0.4, -0.2) is 80.9 Å². The lowest BCUT2D eigenvalue weighted by atomic mass is 10.3. The third-order valence-electron chi connectivity index (χ3n) is 4.04. The zero-order valence-corrected chi connectivity index (χ0v) is 18.3. The molecule has 0 unspecified atom stereocenters. The van der Waals surface area contributed by atoms with Crippen LogP contribution in [0, 0.1) is 0 Å². The standard InChI is InChI=1S/C16H26N4O4S.HI/c1-3-17-16(18-7-13-25(22,23)4-2)20-10-8-19(9-11-20)15(21)14-6-5-12-24-14;/h5-6,12H,3-4,7-11,13H2,1-2H3,(H,17,18);1H. The van der Waals surface area contributed by atoms with Crippen LogP contribution in [0.15, 0.2) is 27.8 Å². The topological polar surface area (TPSA) is 95.2 Å². The second-order valence-corrected chi connectivity index (χ2v) is 8.20. The highest BCUT2D eigenvalue weighted by Crippen LogP contribution is 2.09. The summed E-state index contributed by atoms with van der Waals surface area (Å²) >= 11 is 0. The molecule has 0 saturated carbocycles. The van der Waals surface area contributed by atoms with Gasteiger partial charge in [0.1, 0.15) is 0 Å². The summed E-state index contributed by atoms with van der Waals surface area (Å²) in [5.74, 6) is 1.11. The van der Waals surface area contributed by atoms with E-state index in [1.807, 2.05) is 11.8 Å². The Morgan fingerprint density at radius 1 is 1.23 bits per heavy atom. The highest BCUT2D eigenvalue weighted by molar-refractivity contribution is 14.0.